The molecule has 3 nitrogen and oxygen atoms in total. The Morgan fingerprint density at radius 3 is 2.63 bits per heavy atom. The zero-order valence-corrected chi connectivity index (χ0v) is 12.4. The van der Waals surface area contributed by atoms with Crippen molar-refractivity contribution in [2.75, 3.05) is 0 Å². The molecular weight excluding hydrogens is 236 g/mol. The number of hydrogen-bond donors (Lipinski definition) is 1. The van der Waals surface area contributed by atoms with Crippen LogP contribution in [0.1, 0.15) is 37.6 Å². The normalized spacial score (nSPS) is 11.8. The van der Waals surface area contributed by atoms with Crippen molar-refractivity contribution >= 4 is 0 Å². The van der Waals surface area contributed by atoms with Crippen molar-refractivity contribution < 1.29 is 4.42 Å². The van der Waals surface area contributed by atoms with Crippen LogP contribution in [0.2, 0.25) is 0 Å². The second-order valence-electron chi connectivity index (χ2n) is 6.05. The summed E-state index contributed by atoms with van der Waals surface area (Å²) in [4.78, 5) is 4.34. The maximum absolute atomic E-state index is 5.60. The molecule has 0 fully saturated rings. The fourth-order valence-corrected chi connectivity index (χ4v) is 1.94. The minimum atomic E-state index is 0.0673. The van der Waals surface area contributed by atoms with Gasteiger partial charge in [0.05, 0.1) is 0 Å². The minimum absolute atomic E-state index is 0.0673. The molecule has 1 N–H and O–H groups in total. The predicted octanol–water partition coefficient (Wildman–Crippen LogP) is 3.85. The second-order valence-corrected chi connectivity index (χ2v) is 6.05. The molecule has 0 saturated carbocycles. The Morgan fingerprint density at radius 1 is 1.21 bits per heavy atom. The van der Waals surface area contributed by atoms with Gasteiger partial charge in [0.1, 0.15) is 5.69 Å². The number of nitrogens with one attached hydrogen (secondary N) is 1. The van der Waals surface area contributed by atoms with Gasteiger partial charge < -0.3 is 9.73 Å². The number of rotatable bonds is 3. The Hall–Kier alpha value is -1.61. The molecule has 2 rings (SSSR count). The molecule has 102 valence electrons. The lowest BCUT2D eigenvalue weighted by Gasteiger charge is -2.20. The number of hydrogen-bond acceptors (Lipinski definition) is 3. The van der Waals surface area contributed by atoms with E-state index < -0.39 is 0 Å². The molecule has 0 unspecified atom stereocenters. The highest BCUT2D eigenvalue weighted by Crippen LogP contribution is 2.27. The van der Waals surface area contributed by atoms with E-state index in [4.69, 9.17) is 4.42 Å². The molecule has 0 bridgehead atoms. The monoisotopic (exact) mass is 258 g/mol. The van der Waals surface area contributed by atoms with Gasteiger partial charge in [-0.25, -0.2) is 4.98 Å². The lowest BCUT2D eigenvalue weighted by molar-refractivity contribution is 0.421. The molecule has 0 atom stereocenters. The highest BCUT2D eigenvalue weighted by atomic mass is 16.3. The van der Waals surface area contributed by atoms with E-state index >= 15 is 0 Å². The number of aryl methyl sites for hydroxylation is 2. The molecule has 1 aromatic carbocycles. The van der Waals surface area contributed by atoms with Crippen LogP contribution in [0.4, 0.5) is 0 Å². The number of aromatic nitrogens is 1. The molecule has 0 saturated heterocycles. The van der Waals surface area contributed by atoms with Gasteiger partial charge in [-0.15, -0.1) is 0 Å². The van der Waals surface area contributed by atoms with Crippen molar-refractivity contribution in [3.05, 3.63) is 41.4 Å². The molecule has 1 heterocycles. The molecule has 2 aromatic rings. The Labute approximate surface area is 115 Å². The largest absolute Gasteiger partial charge is 0.443 e. The van der Waals surface area contributed by atoms with E-state index in [0.717, 1.165) is 17.0 Å². The molecule has 3 heteroatoms. The summed E-state index contributed by atoms with van der Waals surface area (Å²) in [7, 11) is 0. The SMILES string of the molecule is Cc1ccc(C)c(-c2ocnc2CNC(C)(C)C)c1. The quantitative estimate of drug-likeness (QED) is 0.908. The van der Waals surface area contributed by atoms with Gasteiger partial charge in [-0.3, -0.25) is 0 Å². The van der Waals surface area contributed by atoms with Gasteiger partial charge >= 0.3 is 0 Å². The van der Waals surface area contributed by atoms with Crippen LogP contribution < -0.4 is 5.32 Å². The molecule has 0 aliphatic carbocycles. The van der Waals surface area contributed by atoms with Crippen LogP contribution in [0.25, 0.3) is 11.3 Å². The van der Waals surface area contributed by atoms with Gasteiger partial charge in [-0.05, 0) is 46.2 Å². The summed E-state index contributed by atoms with van der Waals surface area (Å²) in [6.07, 6.45) is 1.52. The average molecular weight is 258 g/mol. The summed E-state index contributed by atoms with van der Waals surface area (Å²) >= 11 is 0. The third kappa shape index (κ3) is 3.44. The smallest absolute Gasteiger partial charge is 0.181 e. The van der Waals surface area contributed by atoms with Gasteiger partial charge in [0.25, 0.3) is 0 Å². The van der Waals surface area contributed by atoms with E-state index in [1.807, 2.05) is 0 Å². The Bertz CT molecular complexity index is 564. The lowest BCUT2D eigenvalue weighted by Crippen LogP contribution is -2.35. The average Bonchev–Trinajstić information content (AvgIpc) is 2.77. The Balaban J connectivity index is 2.31. The van der Waals surface area contributed by atoms with Gasteiger partial charge in [0.15, 0.2) is 12.2 Å². The van der Waals surface area contributed by atoms with Gasteiger partial charge in [0.2, 0.25) is 0 Å². The molecule has 0 amide bonds. The first-order chi connectivity index (χ1) is 8.87. The number of benzene rings is 1. The number of oxazole rings is 1. The van der Waals surface area contributed by atoms with E-state index in [2.05, 4.69) is 63.1 Å². The predicted molar refractivity (Wildman–Crippen MR) is 78.0 cm³/mol. The third-order valence-corrected chi connectivity index (χ3v) is 3.07. The van der Waals surface area contributed by atoms with Crippen molar-refractivity contribution in [1.82, 2.24) is 10.3 Å². The van der Waals surface area contributed by atoms with Crippen LogP contribution in [0.15, 0.2) is 29.0 Å². The highest BCUT2D eigenvalue weighted by Gasteiger charge is 2.16. The highest BCUT2D eigenvalue weighted by molar-refractivity contribution is 5.64. The summed E-state index contributed by atoms with van der Waals surface area (Å²) in [6.45, 7) is 11.3. The first kappa shape index (κ1) is 13.8. The maximum atomic E-state index is 5.60. The summed E-state index contributed by atoms with van der Waals surface area (Å²) in [6, 6.07) is 6.38. The van der Waals surface area contributed by atoms with Crippen molar-refractivity contribution in [3.63, 3.8) is 0 Å². The van der Waals surface area contributed by atoms with Crippen molar-refractivity contribution in [1.29, 1.82) is 0 Å². The minimum Gasteiger partial charge on any atom is -0.443 e. The standard InChI is InChI=1S/C16H22N2O/c1-11-6-7-12(2)13(8-11)15-14(17-10-19-15)9-18-16(3,4)5/h6-8,10,18H,9H2,1-5H3. The van der Waals surface area contributed by atoms with Crippen molar-refractivity contribution in [2.45, 2.75) is 46.7 Å². The van der Waals surface area contributed by atoms with Crippen LogP contribution in [-0.2, 0) is 6.54 Å². The maximum Gasteiger partial charge on any atom is 0.181 e. The molecule has 19 heavy (non-hydrogen) atoms. The fraction of sp³-hybridized carbons (Fsp3) is 0.438. The molecule has 0 aliphatic heterocycles. The second kappa shape index (κ2) is 5.17. The topological polar surface area (TPSA) is 38.1 Å². The molecule has 0 radical (unpaired) electrons. The fourth-order valence-electron chi connectivity index (χ4n) is 1.94. The van der Waals surface area contributed by atoms with E-state index in [0.29, 0.717) is 6.54 Å². The van der Waals surface area contributed by atoms with Gasteiger partial charge in [-0.1, -0.05) is 17.7 Å². The van der Waals surface area contributed by atoms with Crippen molar-refractivity contribution in [3.8, 4) is 11.3 Å². The third-order valence-electron chi connectivity index (χ3n) is 3.07. The van der Waals surface area contributed by atoms with Gasteiger partial charge in [0, 0.05) is 17.6 Å². The van der Waals surface area contributed by atoms with E-state index in [9.17, 15) is 0 Å². The van der Waals surface area contributed by atoms with Crippen LogP contribution >= 0.6 is 0 Å². The van der Waals surface area contributed by atoms with Crippen LogP contribution in [0.3, 0.4) is 0 Å². The molecule has 0 aliphatic rings. The van der Waals surface area contributed by atoms with Gasteiger partial charge in [-0.2, -0.15) is 0 Å². The zero-order chi connectivity index (χ0) is 14.0. The van der Waals surface area contributed by atoms with Crippen LogP contribution in [0.5, 0.6) is 0 Å². The first-order valence-corrected chi connectivity index (χ1v) is 6.62. The van der Waals surface area contributed by atoms with E-state index in [-0.39, 0.29) is 5.54 Å². The zero-order valence-electron chi connectivity index (χ0n) is 12.4. The summed E-state index contributed by atoms with van der Waals surface area (Å²) < 4.78 is 5.60. The van der Waals surface area contributed by atoms with Crippen molar-refractivity contribution in [2.24, 2.45) is 0 Å². The van der Waals surface area contributed by atoms with Crippen LogP contribution in [0, 0.1) is 13.8 Å². The molecule has 0 spiro atoms. The lowest BCUT2D eigenvalue weighted by atomic mass is 10.0. The summed E-state index contributed by atoms with van der Waals surface area (Å²) in [5, 5.41) is 3.45. The van der Waals surface area contributed by atoms with E-state index in [1.165, 1.54) is 17.5 Å². The van der Waals surface area contributed by atoms with Crippen LogP contribution in [-0.4, -0.2) is 10.5 Å². The number of nitrogens with zero attached hydrogens (tertiary/aromatic N) is 1. The summed E-state index contributed by atoms with van der Waals surface area (Å²) in [5.74, 6) is 0.873. The molecule has 1 aromatic heterocycles. The molecular formula is C16H22N2O. The Kier molecular flexibility index (Phi) is 3.76. The summed E-state index contributed by atoms with van der Waals surface area (Å²) in [5.41, 5.74) is 4.59. The van der Waals surface area contributed by atoms with E-state index in [1.54, 1.807) is 0 Å². The first-order valence-electron chi connectivity index (χ1n) is 6.62. The Morgan fingerprint density at radius 2 is 1.95 bits per heavy atom.